The van der Waals surface area contributed by atoms with Gasteiger partial charge in [0.05, 0.1) is 24.9 Å². The molecule has 90 valence electrons. The molecule has 2 N–H and O–H groups in total. The predicted molar refractivity (Wildman–Crippen MR) is 59.5 cm³/mol. The summed E-state index contributed by atoms with van der Waals surface area (Å²) in [7, 11) is 0. The largest absolute Gasteiger partial charge is 0.377 e. The van der Waals surface area contributed by atoms with Crippen molar-refractivity contribution < 1.29 is 14.3 Å². The molecule has 0 radical (unpaired) electrons. The number of morpholine rings is 1. The minimum absolute atomic E-state index is 0.276. The van der Waals surface area contributed by atoms with Crippen LogP contribution in [0.5, 0.6) is 0 Å². The number of aromatic nitrogens is 1. The Balaban J connectivity index is 2.23. The molecule has 0 spiro atoms. The maximum Gasteiger partial charge on any atom is 0.315 e. The van der Waals surface area contributed by atoms with Crippen LogP contribution in [0, 0.1) is 0 Å². The van der Waals surface area contributed by atoms with Gasteiger partial charge in [0.15, 0.2) is 6.29 Å². The first-order valence-electron chi connectivity index (χ1n) is 5.27. The van der Waals surface area contributed by atoms with Crippen molar-refractivity contribution in [3.8, 4) is 0 Å². The highest BCUT2D eigenvalue weighted by Crippen LogP contribution is 2.22. The van der Waals surface area contributed by atoms with E-state index in [1.807, 2.05) is 0 Å². The number of nitrogens with two attached hydrogens (primary N) is 1. The zero-order chi connectivity index (χ0) is 12.3. The molecular weight excluding hydrogens is 222 g/mol. The Morgan fingerprint density at radius 3 is 3.00 bits per heavy atom. The van der Waals surface area contributed by atoms with Crippen molar-refractivity contribution in [3.05, 3.63) is 29.6 Å². The second-order valence-corrected chi connectivity index (χ2v) is 3.76. The van der Waals surface area contributed by atoms with Crippen LogP contribution in [0.4, 0.5) is 4.79 Å². The SMILES string of the molecule is NC(=O)N1CCOCC1c1ccc(C=O)cn1. The zero-order valence-electron chi connectivity index (χ0n) is 9.20. The molecule has 1 saturated heterocycles. The smallest absolute Gasteiger partial charge is 0.315 e. The summed E-state index contributed by atoms with van der Waals surface area (Å²) >= 11 is 0. The number of hydrogen-bond acceptors (Lipinski definition) is 4. The Morgan fingerprint density at radius 2 is 2.41 bits per heavy atom. The van der Waals surface area contributed by atoms with Crippen LogP contribution < -0.4 is 5.73 Å². The first kappa shape index (κ1) is 11.5. The molecule has 1 aromatic rings. The Kier molecular flexibility index (Phi) is 3.34. The van der Waals surface area contributed by atoms with E-state index in [0.717, 1.165) is 6.29 Å². The summed E-state index contributed by atoms with van der Waals surface area (Å²) < 4.78 is 5.31. The third-order valence-corrected chi connectivity index (χ3v) is 2.70. The van der Waals surface area contributed by atoms with Gasteiger partial charge >= 0.3 is 6.03 Å². The van der Waals surface area contributed by atoms with Crippen LogP contribution in [0.2, 0.25) is 0 Å². The van der Waals surface area contributed by atoms with Crippen LogP contribution in [0.25, 0.3) is 0 Å². The molecule has 6 heteroatoms. The van der Waals surface area contributed by atoms with E-state index in [1.165, 1.54) is 11.1 Å². The summed E-state index contributed by atoms with van der Waals surface area (Å²) in [5.41, 5.74) is 6.47. The molecule has 1 fully saturated rings. The first-order valence-corrected chi connectivity index (χ1v) is 5.27. The van der Waals surface area contributed by atoms with E-state index in [2.05, 4.69) is 4.98 Å². The van der Waals surface area contributed by atoms with Crippen LogP contribution in [0.15, 0.2) is 18.3 Å². The summed E-state index contributed by atoms with van der Waals surface area (Å²) in [6, 6.07) is 2.60. The maximum atomic E-state index is 11.3. The van der Waals surface area contributed by atoms with Crippen molar-refractivity contribution in [2.45, 2.75) is 6.04 Å². The quantitative estimate of drug-likeness (QED) is 0.749. The van der Waals surface area contributed by atoms with Crippen LogP contribution in [0.3, 0.4) is 0 Å². The van der Waals surface area contributed by atoms with E-state index in [-0.39, 0.29) is 6.04 Å². The van der Waals surface area contributed by atoms with Crippen molar-refractivity contribution in [1.82, 2.24) is 9.88 Å². The van der Waals surface area contributed by atoms with Gasteiger partial charge in [-0.25, -0.2) is 4.79 Å². The summed E-state index contributed by atoms with van der Waals surface area (Å²) in [5, 5.41) is 0. The third-order valence-electron chi connectivity index (χ3n) is 2.70. The Bertz CT molecular complexity index is 418. The van der Waals surface area contributed by atoms with E-state index < -0.39 is 6.03 Å². The van der Waals surface area contributed by atoms with E-state index in [1.54, 1.807) is 12.1 Å². The second kappa shape index (κ2) is 4.92. The predicted octanol–water partition coefficient (Wildman–Crippen LogP) is 0.346. The Labute approximate surface area is 98.4 Å². The maximum absolute atomic E-state index is 11.3. The fraction of sp³-hybridized carbons (Fsp3) is 0.364. The van der Waals surface area contributed by atoms with Gasteiger partial charge < -0.3 is 15.4 Å². The number of hydrogen-bond donors (Lipinski definition) is 1. The monoisotopic (exact) mass is 235 g/mol. The van der Waals surface area contributed by atoms with Crippen LogP contribution in [-0.2, 0) is 4.74 Å². The fourth-order valence-electron chi connectivity index (χ4n) is 1.80. The van der Waals surface area contributed by atoms with Gasteiger partial charge in [0.1, 0.15) is 0 Å². The molecule has 1 aromatic heterocycles. The highest BCUT2D eigenvalue weighted by molar-refractivity contribution is 5.74. The van der Waals surface area contributed by atoms with Crippen molar-refractivity contribution in [2.24, 2.45) is 5.73 Å². The number of primary amides is 1. The van der Waals surface area contributed by atoms with Crippen molar-refractivity contribution in [3.63, 3.8) is 0 Å². The molecule has 1 atom stereocenters. The molecule has 1 aliphatic heterocycles. The molecule has 2 amide bonds. The summed E-state index contributed by atoms with van der Waals surface area (Å²) in [5.74, 6) is 0. The number of carbonyl (C=O) groups excluding carboxylic acids is 2. The van der Waals surface area contributed by atoms with Gasteiger partial charge in [-0.15, -0.1) is 0 Å². The van der Waals surface area contributed by atoms with Gasteiger partial charge in [0.2, 0.25) is 0 Å². The van der Waals surface area contributed by atoms with Gasteiger partial charge in [0, 0.05) is 18.3 Å². The molecule has 1 unspecified atom stereocenters. The van der Waals surface area contributed by atoms with E-state index in [9.17, 15) is 9.59 Å². The lowest BCUT2D eigenvalue weighted by Gasteiger charge is -2.33. The van der Waals surface area contributed by atoms with Gasteiger partial charge in [-0.05, 0) is 12.1 Å². The number of nitrogens with zero attached hydrogens (tertiary/aromatic N) is 2. The van der Waals surface area contributed by atoms with E-state index >= 15 is 0 Å². The molecule has 2 rings (SSSR count). The Morgan fingerprint density at radius 1 is 1.59 bits per heavy atom. The minimum atomic E-state index is -0.487. The number of ether oxygens (including phenoxy) is 1. The van der Waals surface area contributed by atoms with Crippen molar-refractivity contribution >= 4 is 12.3 Å². The van der Waals surface area contributed by atoms with Gasteiger partial charge in [-0.2, -0.15) is 0 Å². The van der Waals surface area contributed by atoms with Gasteiger partial charge in [-0.1, -0.05) is 0 Å². The second-order valence-electron chi connectivity index (χ2n) is 3.76. The molecule has 17 heavy (non-hydrogen) atoms. The number of carbonyl (C=O) groups is 2. The molecule has 0 saturated carbocycles. The molecule has 1 aliphatic rings. The van der Waals surface area contributed by atoms with Crippen LogP contribution in [-0.4, -0.2) is 42.0 Å². The highest BCUT2D eigenvalue weighted by atomic mass is 16.5. The normalized spacial score (nSPS) is 20.0. The van der Waals surface area contributed by atoms with E-state index in [4.69, 9.17) is 10.5 Å². The number of amides is 2. The van der Waals surface area contributed by atoms with Gasteiger partial charge in [0.25, 0.3) is 0 Å². The first-order chi connectivity index (χ1) is 8.22. The standard InChI is InChI=1S/C11H13N3O3/c12-11(16)14-3-4-17-7-10(14)9-2-1-8(6-15)5-13-9/h1-2,5-6,10H,3-4,7H2,(H2,12,16). The minimum Gasteiger partial charge on any atom is -0.377 e. The lowest BCUT2D eigenvalue weighted by atomic mass is 10.1. The van der Waals surface area contributed by atoms with Crippen molar-refractivity contribution in [2.75, 3.05) is 19.8 Å². The highest BCUT2D eigenvalue weighted by Gasteiger charge is 2.27. The summed E-state index contributed by atoms with van der Waals surface area (Å²) in [6.45, 7) is 1.30. The molecule has 6 nitrogen and oxygen atoms in total. The van der Waals surface area contributed by atoms with Crippen LogP contribution in [0.1, 0.15) is 22.1 Å². The Hall–Kier alpha value is -1.95. The summed E-state index contributed by atoms with van der Waals surface area (Å²) in [6.07, 6.45) is 2.19. The average molecular weight is 235 g/mol. The molecule has 0 aliphatic carbocycles. The van der Waals surface area contributed by atoms with Crippen molar-refractivity contribution in [1.29, 1.82) is 0 Å². The fourth-order valence-corrected chi connectivity index (χ4v) is 1.80. The van der Waals surface area contributed by atoms with Gasteiger partial charge in [-0.3, -0.25) is 9.78 Å². The molecule has 0 aromatic carbocycles. The molecule has 0 bridgehead atoms. The summed E-state index contributed by atoms with van der Waals surface area (Å²) in [4.78, 5) is 27.5. The van der Waals surface area contributed by atoms with Crippen LogP contribution >= 0.6 is 0 Å². The molecular formula is C11H13N3O3. The number of aldehydes is 1. The third kappa shape index (κ3) is 2.42. The lowest BCUT2D eigenvalue weighted by molar-refractivity contribution is 0.0122. The zero-order valence-corrected chi connectivity index (χ0v) is 9.20. The van der Waals surface area contributed by atoms with E-state index in [0.29, 0.717) is 31.0 Å². The lowest BCUT2D eigenvalue weighted by Crippen LogP contribution is -2.46. The average Bonchev–Trinajstić information content (AvgIpc) is 2.39. The molecule has 2 heterocycles. The number of pyridine rings is 1. The topological polar surface area (TPSA) is 85.5 Å². The number of rotatable bonds is 2. The number of urea groups is 1.